The van der Waals surface area contributed by atoms with Crippen LogP contribution in [0.1, 0.15) is 110 Å². The average Bonchev–Trinajstić information content (AvgIpc) is 2.94. The van der Waals surface area contributed by atoms with E-state index in [4.69, 9.17) is 33.2 Å². The summed E-state index contributed by atoms with van der Waals surface area (Å²) in [5, 5.41) is 0. The van der Waals surface area contributed by atoms with E-state index >= 15 is 0 Å². The second-order valence-electron chi connectivity index (χ2n) is 9.83. The van der Waals surface area contributed by atoms with Gasteiger partial charge in [-0.05, 0) is 13.3 Å². The summed E-state index contributed by atoms with van der Waals surface area (Å²) >= 11 is 0. The van der Waals surface area contributed by atoms with Crippen LogP contribution < -0.4 is 0 Å². The number of rotatable bonds is 34. The monoisotopic (exact) mass is 562 g/mol. The van der Waals surface area contributed by atoms with Crippen molar-refractivity contribution in [2.45, 2.75) is 110 Å². The van der Waals surface area contributed by atoms with Crippen molar-refractivity contribution >= 4 is 5.97 Å². The predicted octanol–water partition coefficient (Wildman–Crippen LogP) is 6.52. The molecule has 0 rings (SSSR count). The van der Waals surface area contributed by atoms with Crippen molar-refractivity contribution in [2.75, 3.05) is 85.9 Å². The molecule has 0 heterocycles. The summed E-state index contributed by atoms with van der Waals surface area (Å²) in [6, 6.07) is 0. The van der Waals surface area contributed by atoms with Crippen LogP contribution in [0.15, 0.2) is 0 Å². The number of ether oxygens (including phenoxy) is 7. The quantitative estimate of drug-likeness (QED) is 0.0648. The molecule has 0 saturated carbocycles. The summed E-state index contributed by atoms with van der Waals surface area (Å²) in [5.74, 6) is -0.236. The van der Waals surface area contributed by atoms with Gasteiger partial charge in [-0.3, -0.25) is 4.79 Å². The van der Waals surface area contributed by atoms with Crippen molar-refractivity contribution in [1.82, 2.24) is 0 Å². The molecule has 8 nitrogen and oxygen atoms in total. The molecule has 0 aromatic heterocycles. The van der Waals surface area contributed by atoms with Gasteiger partial charge in [-0.15, -0.1) is 0 Å². The van der Waals surface area contributed by atoms with E-state index in [1.54, 1.807) is 6.92 Å². The Bertz CT molecular complexity index is 464. The van der Waals surface area contributed by atoms with Gasteiger partial charge in [0, 0.05) is 6.61 Å². The predicted molar refractivity (Wildman–Crippen MR) is 156 cm³/mol. The molecule has 0 bridgehead atoms. The fourth-order valence-electron chi connectivity index (χ4n) is 3.99. The highest BCUT2D eigenvalue weighted by Crippen LogP contribution is 2.12. The van der Waals surface area contributed by atoms with Crippen LogP contribution in [0.4, 0.5) is 0 Å². The Balaban J connectivity index is 3.04. The smallest absolute Gasteiger partial charge is 0.308 e. The lowest BCUT2D eigenvalue weighted by molar-refractivity contribution is -0.144. The van der Waals surface area contributed by atoms with Crippen molar-refractivity contribution in [3.05, 3.63) is 0 Å². The average molecular weight is 563 g/mol. The van der Waals surface area contributed by atoms with Gasteiger partial charge >= 0.3 is 5.97 Å². The van der Waals surface area contributed by atoms with Gasteiger partial charge in [0.15, 0.2) is 0 Å². The molecular weight excluding hydrogens is 500 g/mol. The molecular formula is C31H62O8. The molecule has 0 unspecified atom stereocenters. The molecule has 0 aliphatic carbocycles. The first-order chi connectivity index (χ1) is 19.3. The maximum Gasteiger partial charge on any atom is 0.308 e. The maximum atomic E-state index is 11.1. The third-order valence-corrected chi connectivity index (χ3v) is 6.26. The number of carbonyl (C=O) groups excluding carboxylic acids is 1. The van der Waals surface area contributed by atoms with Gasteiger partial charge in [-0.2, -0.15) is 0 Å². The SMILES string of the molecule is CCCCCCCCCCCCCCCCOCCOCCOCCOCCOCCOCCC(=O)OCC. The Hall–Kier alpha value is -0.770. The fraction of sp³-hybridized carbons (Fsp3) is 0.968. The summed E-state index contributed by atoms with van der Waals surface area (Å²) in [6.07, 6.45) is 19.5. The van der Waals surface area contributed by atoms with E-state index in [2.05, 4.69) is 6.92 Å². The van der Waals surface area contributed by atoms with E-state index in [0.717, 1.165) is 13.0 Å². The van der Waals surface area contributed by atoms with E-state index in [0.29, 0.717) is 79.3 Å². The van der Waals surface area contributed by atoms with Gasteiger partial charge in [0.2, 0.25) is 0 Å². The molecule has 39 heavy (non-hydrogen) atoms. The lowest BCUT2D eigenvalue weighted by Gasteiger charge is -2.08. The van der Waals surface area contributed by atoms with Gasteiger partial charge in [-0.25, -0.2) is 0 Å². The third kappa shape index (κ3) is 35.2. The number of esters is 1. The highest BCUT2D eigenvalue weighted by molar-refractivity contribution is 5.69. The molecule has 0 amide bonds. The minimum Gasteiger partial charge on any atom is -0.466 e. The minimum absolute atomic E-state index is 0.236. The first-order valence-electron chi connectivity index (χ1n) is 15.9. The van der Waals surface area contributed by atoms with Crippen LogP contribution in [0, 0.1) is 0 Å². The summed E-state index contributed by atoms with van der Waals surface area (Å²) in [5.41, 5.74) is 0. The minimum atomic E-state index is -0.236. The van der Waals surface area contributed by atoms with Crippen LogP contribution in [0.3, 0.4) is 0 Å². The second kappa shape index (κ2) is 35.3. The molecule has 234 valence electrons. The largest absolute Gasteiger partial charge is 0.466 e. The zero-order valence-corrected chi connectivity index (χ0v) is 25.6. The van der Waals surface area contributed by atoms with Gasteiger partial charge in [-0.1, -0.05) is 90.4 Å². The summed E-state index contributed by atoms with van der Waals surface area (Å²) in [4.78, 5) is 11.1. The summed E-state index contributed by atoms with van der Waals surface area (Å²) in [7, 11) is 0. The number of unbranched alkanes of at least 4 members (excludes halogenated alkanes) is 13. The highest BCUT2D eigenvalue weighted by Gasteiger charge is 2.01. The number of hydrogen-bond acceptors (Lipinski definition) is 8. The normalized spacial score (nSPS) is 11.3. The molecule has 0 aliphatic heterocycles. The number of hydrogen-bond donors (Lipinski definition) is 0. The van der Waals surface area contributed by atoms with Crippen LogP contribution in [-0.4, -0.2) is 91.9 Å². The Morgan fingerprint density at radius 3 is 1.05 bits per heavy atom. The first-order valence-corrected chi connectivity index (χ1v) is 15.9. The second-order valence-corrected chi connectivity index (χ2v) is 9.83. The van der Waals surface area contributed by atoms with Crippen LogP contribution in [0.2, 0.25) is 0 Å². The Labute approximate surface area is 240 Å². The van der Waals surface area contributed by atoms with Crippen molar-refractivity contribution in [1.29, 1.82) is 0 Å². The molecule has 0 fully saturated rings. The Kier molecular flexibility index (Phi) is 34.6. The summed E-state index contributed by atoms with van der Waals surface area (Å²) in [6.45, 7) is 11.1. The van der Waals surface area contributed by atoms with Gasteiger partial charge in [0.25, 0.3) is 0 Å². The molecule has 8 heteroatoms. The fourth-order valence-corrected chi connectivity index (χ4v) is 3.99. The van der Waals surface area contributed by atoms with Gasteiger partial charge in [0.05, 0.1) is 85.7 Å². The van der Waals surface area contributed by atoms with Gasteiger partial charge in [0.1, 0.15) is 0 Å². The van der Waals surface area contributed by atoms with Crippen LogP contribution in [-0.2, 0) is 38.0 Å². The van der Waals surface area contributed by atoms with Crippen LogP contribution in [0.25, 0.3) is 0 Å². The Morgan fingerprint density at radius 2 is 0.692 bits per heavy atom. The van der Waals surface area contributed by atoms with E-state index in [-0.39, 0.29) is 12.4 Å². The molecule has 0 radical (unpaired) electrons. The maximum absolute atomic E-state index is 11.1. The Morgan fingerprint density at radius 1 is 0.385 bits per heavy atom. The van der Waals surface area contributed by atoms with Gasteiger partial charge < -0.3 is 33.2 Å². The highest BCUT2D eigenvalue weighted by atomic mass is 16.6. The van der Waals surface area contributed by atoms with Crippen molar-refractivity contribution in [3.8, 4) is 0 Å². The molecule has 0 atom stereocenters. The summed E-state index contributed by atoms with van der Waals surface area (Å²) < 4.78 is 37.7. The topological polar surface area (TPSA) is 81.7 Å². The molecule has 0 aliphatic rings. The lowest BCUT2D eigenvalue weighted by Crippen LogP contribution is -2.14. The van der Waals surface area contributed by atoms with Crippen LogP contribution in [0.5, 0.6) is 0 Å². The van der Waals surface area contributed by atoms with E-state index < -0.39 is 0 Å². The standard InChI is InChI=1S/C31H62O8/c1-3-5-6-7-8-9-10-11-12-13-14-15-16-17-19-33-21-23-35-25-27-37-29-30-38-28-26-36-24-22-34-20-18-31(32)39-4-2/h3-30H2,1-2H3. The molecule has 0 spiro atoms. The van der Waals surface area contributed by atoms with Crippen molar-refractivity contribution in [2.24, 2.45) is 0 Å². The molecule has 0 saturated heterocycles. The molecule has 0 aromatic carbocycles. The zero-order valence-electron chi connectivity index (χ0n) is 25.6. The third-order valence-electron chi connectivity index (χ3n) is 6.26. The first kappa shape index (κ1) is 38.2. The van der Waals surface area contributed by atoms with E-state index in [9.17, 15) is 4.79 Å². The van der Waals surface area contributed by atoms with Crippen molar-refractivity contribution < 1.29 is 38.0 Å². The number of carbonyl (C=O) groups is 1. The van der Waals surface area contributed by atoms with Crippen molar-refractivity contribution in [3.63, 3.8) is 0 Å². The molecule has 0 N–H and O–H groups in total. The molecule has 0 aromatic rings. The van der Waals surface area contributed by atoms with Crippen LogP contribution >= 0.6 is 0 Å². The zero-order chi connectivity index (χ0) is 28.3. The van der Waals surface area contributed by atoms with E-state index in [1.807, 2.05) is 0 Å². The lowest BCUT2D eigenvalue weighted by atomic mass is 10.0. The van der Waals surface area contributed by atoms with E-state index in [1.165, 1.54) is 83.5 Å².